The summed E-state index contributed by atoms with van der Waals surface area (Å²) < 4.78 is 15.2. The molecule has 0 fully saturated rings. The fourth-order valence-electron chi connectivity index (χ4n) is 2.22. The van der Waals surface area contributed by atoms with Gasteiger partial charge in [-0.2, -0.15) is 4.68 Å². The van der Waals surface area contributed by atoms with E-state index in [-0.39, 0.29) is 24.0 Å². The van der Waals surface area contributed by atoms with Crippen molar-refractivity contribution in [3.63, 3.8) is 0 Å². The van der Waals surface area contributed by atoms with Crippen molar-refractivity contribution in [1.29, 1.82) is 0 Å². The van der Waals surface area contributed by atoms with Gasteiger partial charge in [-0.3, -0.25) is 4.79 Å². The molecule has 26 heavy (non-hydrogen) atoms. The standard InChI is InChI=1S/C17H15ClFN5OS/c1-23(10-12-4-2-3-5-15(12)19)16(25)11-26-17-20-21-22-24(17)14-8-6-13(18)7-9-14/h2-9H,10-11H2,1H3. The molecule has 0 N–H and O–H groups in total. The third-order valence-corrected chi connectivity index (χ3v) is 4.78. The molecule has 0 bridgehead atoms. The van der Waals surface area contributed by atoms with E-state index < -0.39 is 0 Å². The van der Waals surface area contributed by atoms with E-state index in [9.17, 15) is 9.18 Å². The Morgan fingerprint density at radius 3 is 2.69 bits per heavy atom. The Morgan fingerprint density at radius 2 is 1.96 bits per heavy atom. The second kappa shape index (κ2) is 8.29. The van der Waals surface area contributed by atoms with Crippen LogP contribution in [0.1, 0.15) is 5.56 Å². The highest BCUT2D eigenvalue weighted by Crippen LogP contribution is 2.20. The largest absolute Gasteiger partial charge is 0.341 e. The first-order valence-electron chi connectivity index (χ1n) is 7.69. The van der Waals surface area contributed by atoms with Gasteiger partial charge in [0.05, 0.1) is 11.4 Å². The zero-order chi connectivity index (χ0) is 18.5. The number of carbonyl (C=O) groups is 1. The normalized spacial score (nSPS) is 10.7. The maximum atomic E-state index is 13.7. The van der Waals surface area contributed by atoms with Crippen LogP contribution in [0.5, 0.6) is 0 Å². The van der Waals surface area contributed by atoms with Crippen molar-refractivity contribution < 1.29 is 9.18 Å². The summed E-state index contributed by atoms with van der Waals surface area (Å²) in [4.78, 5) is 13.8. The SMILES string of the molecule is CN(Cc1ccccc1F)C(=O)CSc1nnnn1-c1ccc(Cl)cc1. The molecule has 1 aromatic heterocycles. The van der Waals surface area contributed by atoms with Gasteiger partial charge in [0.2, 0.25) is 11.1 Å². The summed E-state index contributed by atoms with van der Waals surface area (Å²) >= 11 is 7.10. The highest BCUT2D eigenvalue weighted by Gasteiger charge is 2.15. The molecule has 0 aliphatic rings. The molecule has 0 aliphatic heterocycles. The van der Waals surface area contributed by atoms with Crippen LogP contribution < -0.4 is 0 Å². The van der Waals surface area contributed by atoms with Crippen molar-refractivity contribution >= 4 is 29.3 Å². The average Bonchev–Trinajstić information content (AvgIpc) is 3.10. The fraction of sp³-hybridized carbons (Fsp3) is 0.176. The van der Waals surface area contributed by atoms with Crippen LogP contribution in [0.2, 0.25) is 5.02 Å². The summed E-state index contributed by atoms with van der Waals surface area (Å²) in [5.74, 6) is -0.339. The Kier molecular flexibility index (Phi) is 5.85. The predicted molar refractivity (Wildman–Crippen MR) is 97.8 cm³/mol. The van der Waals surface area contributed by atoms with Crippen molar-refractivity contribution in [2.24, 2.45) is 0 Å². The van der Waals surface area contributed by atoms with E-state index >= 15 is 0 Å². The molecule has 2 aromatic carbocycles. The molecule has 9 heteroatoms. The lowest BCUT2D eigenvalue weighted by Crippen LogP contribution is -2.28. The number of hydrogen-bond donors (Lipinski definition) is 0. The van der Waals surface area contributed by atoms with Crippen LogP contribution >= 0.6 is 23.4 Å². The minimum Gasteiger partial charge on any atom is -0.341 e. The second-order valence-corrected chi connectivity index (χ2v) is 6.86. The van der Waals surface area contributed by atoms with Gasteiger partial charge in [0.25, 0.3) is 0 Å². The van der Waals surface area contributed by atoms with Gasteiger partial charge in [-0.1, -0.05) is 41.6 Å². The van der Waals surface area contributed by atoms with Crippen LogP contribution in [0.15, 0.2) is 53.7 Å². The van der Waals surface area contributed by atoms with Crippen LogP contribution in [0.25, 0.3) is 5.69 Å². The first kappa shape index (κ1) is 18.3. The van der Waals surface area contributed by atoms with E-state index in [1.165, 1.54) is 27.4 Å². The van der Waals surface area contributed by atoms with E-state index in [4.69, 9.17) is 11.6 Å². The van der Waals surface area contributed by atoms with Gasteiger partial charge in [-0.15, -0.1) is 5.10 Å². The van der Waals surface area contributed by atoms with E-state index in [1.807, 2.05) is 0 Å². The molecule has 3 rings (SSSR count). The molecule has 0 spiro atoms. The number of rotatable bonds is 6. The fourth-order valence-corrected chi connectivity index (χ4v) is 3.18. The first-order chi connectivity index (χ1) is 12.5. The lowest BCUT2D eigenvalue weighted by molar-refractivity contribution is -0.127. The summed E-state index contributed by atoms with van der Waals surface area (Å²) in [6.07, 6.45) is 0. The number of carbonyl (C=O) groups excluding carboxylic acids is 1. The lowest BCUT2D eigenvalue weighted by atomic mass is 10.2. The van der Waals surface area contributed by atoms with Crippen LogP contribution in [-0.2, 0) is 11.3 Å². The number of tetrazole rings is 1. The Balaban J connectivity index is 1.62. The zero-order valence-corrected chi connectivity index (χ0v) is 15.4. The highest BCUT2D eigenvalue weighted by molar-refractivity contribution is 7.99. The number of amides is 1. The quantitative estimate of drug-likeness (QED) is 0.604. The third-order valence-electron chi connectivity index (χ3n) is 3.63. The Bertz CT molecular complexity index is 902. The van der Waals surface area contributed by atoms with Crippen LogP contribution in [0.3, 0.4) is 0 Å². The molecular weight excluding hydrogens is 377 g/mol. The van der Waals surface area contributed by atoms with E-state index in [1.54, 1.807) is 49.5 Å². The van der Waals surface area contributed by atoms with E-state index in [0.29, 0.717) is 15.7 Å². The Morgan fingerprint density at radius 1 is 1.23 bits per heavy atom. The number of benzene rings is 2. The molecule has 0 saturated carbocycles. The van der Waals surface area contributed by atoms with Gasteiger partial charge in [-0.05, 0) is 40.8 Å². The highest BCUT2D eigenvalue weighted by atomic mass is 35.5. The summed E-state index contributed by atoms with van der Waals surface area (Å²) in [5.41, 5.74) is 1.22. The number of thioether (sulfide) groups is 1. The van der Waals surface area contributed by atoms with Crippen LogP contribution in [0, 0.1) is 5.82 Å². The maximum Gasteiger partial charge on any atom is 0.233 e. The molecule has 0 aliphatic carbocycles. The third kappa shape index (κ3) is 4.39. The summed E-state index contributed by atoms with van der Waals surface area (Å²) in [6, 6.07) is 13.4. The molecule has 0 saturated heterocycles. The van der Waals surface area contributed by atoms with Gasteiger partial charge in [-0.25, -0.2) is 4.39 Å². The molecule has 134 valence electrons. The molecule has 0 atom stereocenters. The minimum absolute atomic E-state index is 0.138. The number of nitrogens with zero attached hydrogens (tertiary/aromatic N) is 5. The van der Waals surface area contributed by atoms with Crippen LogP contribution in [-0.4, -0.2) is 43.8 Å². The van der Waals surface area contributed by atoms with Crippen molar-refractivity contribution in [1.82, 2.24) is 25.1 Å². The topological polar surface area (TPSA) is 63.9 Å². The number of hydrogen-bond acceptors (Lipinski definition) is 5. The maximum absolute atomic E-state index is 13.7. The zero-order valence-electron chi connectivity index (χ0n) is 13.8. The van der Waals surface area contributed by atoms with Crippen molar-refractivity contribution in [3.8, 4) is 5.69 Å². The molecule has 3 aromatic rings. The molecule has 0 unspecified atom stereocenters. The van der Waals surface area contributed by atoms with Crippen molar-refractivity contribution in [3.05, 3.63) is 64.9 Å². The molecule has 1 amide bonds. The molecule has 1 heterocycles. The van der Waals surface area contributed by atoms with Crippen molar-refractivity contribution in [2.75, 3.05) is 12.8 Å². The summed E-state index contributed by atoms with van der Waals surface area (Å²) in [6.45, 7) is 0.203. The average molecular weight is 392 g/mol. The monoisotopic (exact) mass is 391 g/mol. The molecule has 0 radical (unpaired) electrons. The second-order valence-electron chi connectivity index (χ2n) is 5.48. The van der Waals surface area contributed by atoms with Crippen LogP contribution in [0.4, 0.5) is 4.39 Å². The number of aromatic nitrogens is 4. The lowest BCUT2D eigenvalue weighted by Gasteiger charge is -2.17. The van der Waals surface area contributed by atoms with Gasteiger partial charge in [0.1, 0.15) is 5.82 Å². The predicted octanol–water partition coefficient (Wildman–Crippen LogP) is 3.21. The molecule has 6 nitrogen and oxygen atoms in total. The van der Waals surface area contributed by atoms with Crippen molar-refractivity contribution in [2.45, 2.75) is 11.7 Å². The van der Waals surface area contributed by atoms with Gasteiger partial charge < -0.3 is 4.90 Å². The summed E-state index contributed by atoms with van der Waals surface area (Å²) in [7, 11) is 1.64. The molecular formula is C17H15ClFN5OS. The Hall–Kier alpha value is -2.45. The van der Waals surface area contributed by atoms with Gasteiger partial charge in [0, 0.05) is 24.2 Å². The summed E-state index contributed by atoms with van der Waals surface area (Å²) in [5, 5.41) is 12.6. The van der Waals surface area contributed by atoms with E-state index in [2.05, 4.69) is 15.5 Å². The minimum atomic E-state index is -0.327. The Labute approximate surface area is 159 Å². The number of halogens is 2. The van der Waals surface area contributed by atoms with Gasteiger partial charge >= 0.3 is 0 Å². The smallest absolute Gasteiger partial charge is 0.233 e. The van der Waals surface area contributed by atoms with Gasteiger partial charge in [0.15, 0.2) is 0 Å². The van der Waals surface area contributed by atoms with E-state index in [0.717, 1.165) is 5.69 Å². The first-order valence-corrected chi connectivity index (χ1v) is 9.05.